The number of rotatable bonds is 5. The van der Waals surface area contributed by atoms with E-state index < -0.39 is 11.9 Å². The maximum Gasteiger partial charge on any atom is 0.345 e. The first-order valence-electron chi connectivity index (χ1n) is 6.95. The van der Waals surface area contributed by atoms with Crippen LogP contribution in [0, 0.1) is 5.92 Å². The molecule has 0 unspecified atom stereocenters. The minimum absolute atomic E-state index is 0.0899. The SMILES string of the molecule is CC(=C(C(=O)OC(C)C)C(=O)OC(C)C)C1CCC1. The minimum atomic E-state index is -0.565. The van der Waals surface area contributed by atoms with E-state index in [-0.39, 0.29) is 17.8 Å². The molecule has 0 aromatic rings. The third kappa shape index (κ3) is 4.37. The Hall–Kier alpha value is -1.32. The van der Waals surface area contributed by atoms with E-state index in [9.17, 15) is 9.59 Å². The molecule has 1 aliphatic rings. The van der Waals surface area contributed by atoms with Gasteiger partial charge >= 0.3 is 11.9 Å². The molecule has 0 N–H and O–H groups in total. The molecule has 0 saturated heterocycles. The van der Waals surface area contributed by atoms with Gasteiger partial charge in [-0.2, -0.15) is 0 Å². The molecule has 1 rings (SSSR count). The van der Waals surface area contributed by atoms with Crippen molar-refractivity contribution in [3.05, 3.63) is 11.1 Å². The van der Waals surface area contributed by atoms with Gasteiger partial charge in [0.25, 0.3) is 0 Å². The van der Waals surface area contributed by atoms with Gasteiger partial charge in [-0.05, 0) is 59.0 Å². The maximum atomic E-state index is 12.1. The molecule has 4 nitrogen and oxygen atoms in total. The lowest BCUT2D eigenvalue weighted by atomic mass is 9.78. The van der Waals surface area contributed by atoms with Crippen molar-refractivity contribution in [3.63, 3.8) is 0 Å². The lowest BCUT2D eigenvalue weighted by Gasteiger charge is -2.28. The van der Waals surface area contributed by atoms with Gasteiger partial charge in [-0.15, -0.1) is 0 Å². The number of esters is 2. The quantitative estimate of drug-likeness (QED) is 0.333. The van der Waals surface area contributed by atoms with Gasteiger partial charge < -0.3 is 9.47 Å². The van der Waals surface area contributed by atoms with Crippen LogP contribution >= 0.6 is 0 Å². The molecule has 0 radical (unpaired) electrons. The number of ether oxygens (including phenoxy) is 2. The van der Waals surface area contributed by atoms with Crippen LogP contribution in [-0.4, -0.2) is 24.1 Å². The first kappa shape index (κ1) is 15.7. The van der Waals surface area contributed by atoms with Crippen molar-refractivity contribution in [2.24, 2.45) is 5.92 Å². The van der Waals surface area contributed by atoms with E-state index >= 15 is 0 Å². The number of carbonyl (C=O) groups excluding carboxylic acids is 2. The zero-order chi connectivity index (χ0) is 14.6. The van der Waals surface area contributed by atoms with E-state index in [1.165, 1.54) is 0 Å². The molecule has 0 atom stereocenters. The Kier molecular flexibility index (Phi) is 5.58. The number of hydrogen-bond donors (Lipinski definition) is 0. The average Bonchev–Trinajstić information content (AvgIpc) is 2.11. The largest absolute Gasteiger partial charge is 0.459 e. The second-order valence-corrected chi connectivity index (χ2v) is 5.59. The molecule has 1 fully saturated rings. The first-order valence-corrected chi connectivity index (χ1v) is 6.95. The molecule has 0 heterocycles. The molecule has 4 heteroatoms. The summed E-state index contributed by atoms with van der Waals surface area (Å²) in [5.41, 5.74) is 0.898. The van der Waals surface area contributed by atoms with Crippen molar-refractivity contribution < 1.29 is 19.1 Å². The molecule has 1 aliphatic carbocycles. The van der Waals surface area contributed by atoms with Crippen LogP contribution in [0.2, 0.25) is 0 Å². The van der Waals surface area contributed by atoms with Crippen molar-refractivity contribution in [2.45, 2.75) is 66.1 Å². The van der Waals surface area contributed by atoms with Crippen LogP contribution in [0.5, 0.6) is 0 Å². The maximum absolute atomic E-state index is 12.1. The fourth-order valence-corrected chi connectivity index (χ4v) is 2.00. The number of allylic oxidation sites excluding steroid dienone is 1. The highest BCUT2D eigenvalue weighted by atomic mass is 16.6. The molecule has 0 spiro atoms. The second kappa shape index (κ2) is 6.73. The summed E-state index contributed by atoms with van der Waals surface area (Å²) in [5, 5.41) is 0. The van der Waals surface area contributed by atoms with E-state index in [1.807, 2.05) is 6.92 Å². The van der Waals surface area contributed by atoms with Crippen LogP contribution in [0.4, 0.5) is 0 Å². The predicted molar refractivity (Wildman–Crippen MR) is 72.5 cm³/mol. The van der Waals surface area contributed by atoms with Gasteiger partial charge in [0.15, 0.2) is 0 Å². The number of hydrogen-bond acceptors (Lipinski definition) is 4. The van der Waals surface area contributed by atoms with Crippen LogP contribution in [0.15, 0.2) is 11.1 Å². The zero-order valence-electron chi connectivity index (χ0n) is 12.5. The topological polar surface area (TPSA) is 52.6 Å². The molecule has 0 aromatic carbocycles. The van der Waals surface area contributed by atoms with Crippen molar-refractivity contribution >= 4 is 11.9 Å². The molecule has 19 heavy (non-hydrogen) atoms. The Balaban J connectivity index is 2.95. The minimum Gasteiger partial charge on any atom is -0.459 e. The Labute approximate surface area is 115 Å². The van der Waals surface area contributed by atoms with E-state index in [2.05, 4.69) is 0 Å². The normalized spacial score (nSPS) is 15.1. The van der Waals surface area contributed by atoms with Gasteiger partial charge in [0.05, 0.1) is 12.2 Å². The van der Waals surface area contributed by atoms with Crippen LogP contribution < -0.4 is 0 Å². The Morgan fingerprint density at radius 2 is 1.37 bits per heavy atom. The van der Waals surface area contributed by atoms with E-state index in [0.29, 0.717) is 5.92 Å². The predicted octanol–water partition coefficient (Wildman–Crippen LogP) is 3.01. The molecule has 0 bridgehead atoms. The lowest BCUT2D eigenvalue weighted by molar-refractivity contribution is -0.151. The first-order chi connectivity index (χ1) is 8.82. The summed E-state index contributed by atoms with van der Waals surface area (Å²) >= 11 is 0. The van der Waals surface area contributed by atoms with Gasteiger partial charge in [0.2, 0.25) is 0 Å². The molecular weight excluding hydrogens is 244 g/mol. The van der Waals surface area contributed by atoms with Crippen molar-refractivity contribution in [1.82, 2.24) is 0 Å². The summed E-state index contributed by atoms with van der Waals surface area (Å²) in [7, 11) is 0. The monoisotopic (exact) mass is 268 g/mol. The highest BCUT2D eigenvalue weighted by Gasteiger charge is 2.31. The number of carbonyl (C=O) groups is 2. The van der Waals surface area contributed by atoms with Gasteiger partial charge in [0, 0.05) is 0 Å². The smallest absolute Gasteiger partial charge is 0.345 e. The molecule has 108 valence electrons. The molecule has 1 saturated carbocycles. The summed E-state index contributed by atoms with van der Waals surface area (Å²) < 4.78 is 10.3. The molecular formula is C15H24O4. The summed E-state index contributed by atoms with van der Waals surface area (Å²) in [6.07, 6.45) is 2.71. The third-order valence-electron chi connectivity index (χ3n) is 3.21. The van der Waals surface area contributed by atoms with Crippen LogP contribution in [0.3, 0.4) is 0 Å². The fraction of sp³-hybridized carbons (Fsp3) is 0.733. The second-order valence-electron chi connectivity index (χ2n) is 5.59. The van der Waals surface area contributed by atoms with Gasteiger partial charge in [-0.25, -0.2) is 9.59 Å². The van der Waals surface area contributed by atoms with Crippen LogP contribution in [-0.2, 0) is 19.1 Å². The fourth-order valence-electron chi connectivity index (χ4n) is 2.00. The van der Waals surface area contributed by atoms with E-state index in [1.54, 1.807) is 27.7 Å². The Morgan fingerprint density at radius 3 is 1.63 bits per heavy atom. The molecule has 0 aromatic heterocycles. The van der Waals surface area contributed by atoms with Crippen molar-refractivity contribution in [3.8, 4) is 0 Å². The van der Waals surface area contributed by atoms with Crippen LogP contribution in [0.25, 0.3) is 0 Å². The zero-order valence-corrected chi connectivity index (χ0v) is 12.5. The summed E-state index contributed by atoms with van der Waals surface area (Å²) in [6, 6.07) is 0. The highest BCUT2D eigenvalue weighted by Crippen LogP contribution is 2.35. The van der Waals surface area contributed by atoms with Gasteiger partial charge in [0.1, 0.15) is 5.57 Å². The highest BCUT2D eigenvalue weighted by molar-refractivity contribution is 6.14. The van der Waals surface area contributed by atoms with Gasteiger partial charge in [-0.3, -0.25) is 0 Å². The van der Waals surface area contributed by atoms with Crippen LogP contribution in [0.1, 0.15) is 53.9 Å². The van der Waals surface area contributed by atoms with E-state index in [4.69, 9.17) is 9.47 Å². The standard InChI is InChI=1S/C15H24O4/c1-9(2)18-14(16)13(15(17)19-10(3)4)11(5)12-7-6-8-12/h9-10,12H,6-8H2,1-5H3. The lowest BCUT2D eigenvalue weighted by Crippen LogP contribution is -2.27. The summed E-state index contributed by atoms with van der Waals surface area (Å²) in [5.74, 6) is -0.815. The van der Waals surface area contributed by atoms with Crippen molar-refractivity contribution in [1.29, 1.82) is 0 Å². The Morgan fingerprint density at radius 1 is 0.947 bits per heavy atom. The Bertz CT molecular complexity index is 352. The summed E-state index contributed by atoms with van der Waals surface area (Å²) in [4.78, 5) is 24.2. The van der Waals surface area contributed by atoms with Crippen molar-refractivity contribution in [2.75, 3.05) is 0 Å². The summed E-state index contributed by atoms with van der Waals surface area (Å²) in [6.45, 7) is 8.90. The molecule has 0 aliphatic heterocycles. The third-order valence-corrected chi connectivity index (χ3v) is 3.21. The van der Waals surface area contributed by atoms with Gasteiger partial charge in [-0.1, -0.05) is 6.42 Å². The van der Waals surface area contributed by atoms with E-state index in [0.717, 1.165) is 24.8 Å². The molecule has 0 amide bonds. The average molecular weight is 268 g/mol.